The van der Waals surface area contributed by atoms with Crippen LogP contribution in [0.4, 0.5) is 4.39 Å². The van der Waals surface area contributed by atoms with Gasteiger partial charge in [-0.2, -0.15) is 0 Å². The van der Waals surface area contributed by atoms with E-state index in [0.717, 1.165) is 4.47 Å². The van der Waals surface area contributed by atoms with Crippen LogP contribution in [0.3, 0.4) is 0 Å². The van der Waals surface area contributed by atoms with Crippen molar-refractivity contribution in [2.24, 2.45) is 5.73 Å². The summed E-state index contributed by atoms with van der Waals surface area (Å²) in [5.74, 6) is -0.346. The Hall–Kier alpha value is -0.610. The van der Waals surface area contributed by atoms with Crippen molar-refractivity contribution in [2.45, 2.75) is 6.04 Å². The van der Waals surface area contributed by atoms with Crippen molar-refractivity contribution in [2.75, 3.05) is 0 Å². The van der Waals surface area contributed by atoms with E-state index in [1.807, 2.05) is 0 Å². The van der Waals surface area contributed by atoms with E-state index >= 15 is 0 Å². The zero-order chi connectivity index (χ0) is 13.3. The monoisotopic (exact) mass is 347 g/mol. The molecule has 94 valence electrons. The van der Waals surface area contributed by atoms with Crippen LogP contribution in [-0.4, -0.2) is 0 Å². The molecule has 0 amide bonds. The Labute approximate surface area is 123 Å². The second kappa shape index (κ2) is 5.57. The van der Waals surface area contributed by atoms with Gasteiger partial charge in [-0.1, -0.05) is 39.1 Å². The lowest BCUT2D eigenvalue weighted by atomic mass is 9.99. The molecule has 0 saturated carbocycles. The Morgan fingerprint density at radius 3 is 2.50 bits per heavy atom. The van der Waals surface area contributed by atoms with Gasteiger partial charge < -0.3 is 5.73 Å². The molecule has 0 saturated heterocycles. The fraction of sp³-hybridized carbons (Fsp3) is 0.0769. The highest BCUT2D eigenvalue weighted by atomic mass is 79.9. The molecule has 0 aliphatic heterocycles. The zero-order valence-electron chi connectivity index (χ0n) is 9.13. The standard InChI is InChI=1S/C13H9BrCl2FN/c14-11-3-2-8(17)6-9(11)13(18)10-5-7(15)1-4-12(10)16/h1-6,13H,18H2. The third kappa shape index (κ3) is 2.86. The summed E-state index contributed by atoms with van der Waals surface area (Å²) in [5, 5.41) is 1.04. The molecule has 0 spiro atoms. The molecule has 2 aromatic rings. The van der Waals surface area contributed by atoms with E-state index < -0.39 is 6.04 Å². The van der Waals surface area contributed by atoms with Crippen molar-refractivity contribution in [3.8, 4) is 0 Å². The Morgan fingerprint density at radius 1 is 1.06 bits per heavy atom. The molecule has 5 heteroatoms. The zero-order valence-corrected chi connectivity index (χ0v) is 12.2. The lowest BCUT2D eigenvalue weighted by Crippen LogP contribution is -2.13. The maximum Gasteiger partial charge on any atom is 0.123 e. The quantitative estimate of drug-likeness (QED) is 0.816. The van der Waals surface area contributed by atoms with E-state index in [-0.39, 0.29) is 5.82 Å². The minimum atomic E-state index is -0.540. The number of hydrogen-bond donors (Lipinski definition) is 1. The van der Waals surface area contributed by atoms with E-state index in [1.165, 1.54) is 12.1 Å². The van der Waals surface area contributed by atoms with Crippen LogP contribution in [0.1, 0.15) is 17.2 Å². The number of nitrogens with two attached hydrogens (primary N) is 1. The van der Waals surface area contributed by atoms with Crippen LogP contribution in [0.25, 0.3) is 0 Å². The van der Waals surface area contributed by atoms with Crippen molar-refractivity contribution >= 4 is 39.1 Å². The first kappa shape index (κ1) is 13.8. The summed E-state index contributed by atoms with van der Waals surface area (Å²) in [6.45, 7) is 0. The van der Waals surface area contributed by atoms with Gasteiger partial charge in [0.25, 0.3) is 0 Å². The van der Waals surface area contributed by atoms with Gasteiger partial charge in [0.05, 0.1) is 6.04 Å². The van der Waals surface area contributed by atoms with Crippen molar-refractivity contribution in [3.05, 3.63) is 67.9 Å². The smallest absolute Gasteiger partial charge is 0.123 e. The summed E-state index contributed by atoms with van der Waals surface area (Å²) < 4.78 is 14.0. The highest BCUT2D eigenvalue weighted by Gasteiger charge is 2.16. The molecule has 0 aliphatic carbocycles. The van der Waals surface area contributed by atoms with Gasteiger partial charge in [0, 0.05) is 14.5 Å². The number of rotatable bonds is 2. The van der Waals surface area contributed by atoms with Crippen molar-refractivity contribution in [1.82, 2.24) is 0 Å². The molecule has 1 unspecified atom stereocenters. The number of hydrogen-bond acceptors (Lipinski definition) is 1. The Bertz CT molecular complexity index is 538. The molecule has 1 nitrogen and oxygen atoms in total. The molecular weight excluding hydrogens is 340 g/mol. The number of benzene rings is 2. The third-order valence-electron chi connectivity index (χ3n) is 2.59. The maximum absolute atomic E-state index is 13.3. The van der Waals surface area contributed by atoms with Crippen LogP contribution in [-0.2, 0) is 0 Å². The van der Waals surface area contributed by atoms with E-state index in [2.05, 4.69) is 15.9 Å². The second-order valence-corrected chi connectivity index (χ2v) is 5.51. The first-order chi connectivity index (χ1) is 8.49. The Morgan fingerprint density at radius 2 is 1.78 bits per heavy atom. The largest absolute Gasteiger partial charge is 0.320 e. The van der Waals surface area contributed by atoms with Gasteiger partial charge in [0.1, 0.15) is 5.82 Å². The molecule has 0 bridgehead atoms. The Kier molecular flexibility index (Phi) is 4.28. The van der Waals surface area contributed by atoms with Crippen molar-refractivity contribution in [1.29, 1.82) is 0 Å². The SMILES string of the molecule is NC(c1cc(Cl)ccc1Cl)c1cc(F)ccc1Br. The van der Waals surface area contributed by atoms with Gasteiger partial charge in [-0.15, -0.1) is 0 Å². The Balaban J connectivity index is 2.50. The minimum absolute atomic E-state index is 0.346. The molecule has 0 aromatic heterocycles. The van der Waals surface area contributed by atoms with Gasteiger partial charge in [0.15, 0.2) is 0 Å². The average Bonchev–Trinajstić information content (AvgIpc) is 2.34. The van der Waals surface area contributed by atoms with E-state index in [0.29, 0.717) is 21.2 Å². The van der Waals surface area contributed by atoms with Gasteiger partial charge in [0.2, 0.25) is 0 Å². The van der Waals surface area contributed by atoms with Crippen LogP contribution in [0.2, 0.25) is 10.0 Å². The summed E-state index contributed by atoms with van der Waals surface area (Å²) in [6.07, 6.45) is 0. The van der Waals surface area contributed by atoms with Gasteiger partial charge in [-0.3, -0.25) is 0 Å². The predicted octanol–water partition coefficient (Wildman–Crippen LogP) is 4.94. The molecule has 0 fully saturated rings. The van der Waals surface area contributed by atoms with Crippen LogP contribution in [0, 0.1) is 5.82 Å². The lowest BCUT2D eigenvalue weighted by Gasteiger charge is -2.16. The molecule has 2 N–H and O–H groups in total. The summed E-state index contributed by atoms with van der Waals surface area (Å²) in [5.41, 5.74) is 7.40. The summed E-state index contributed by atoms with van der Waals surface area (Å²) in [4.78, 5) is 0. The summed E-state index contributed by atoms with van der Waals surface area (Å²) in [7, 11) is 0. The highest BCUT2D eigenvalue weighted by molar-refractivity contribution is 9.10. The van der Waals surface area contributed by atoms with Crippen LogP contribution >= 0.6 is 39.1 Å². The van der Waals surface area contributed by atoms with Crippen LogP contribution in [0.15, 0.2) is 40.9 Å². The first-order valence-corrected chi connectivity index (χ1v) is 6.69. The first-order valence-electron chi connectivity index (χ1n) is 5.14. The summed E-state index contributed by atoms with van der Waals surface area (Å²) >= 11 is 15.4. The molecule has 0 radical (unpaired) electrons. The average molecular weight is 349 g/mol. The molecule has 18 heavy (non-hydrogen) atoms. The fourth-order valence-corrected chi connectivity index (χ4v) is 2.58. The molecule has 1 atom stereocenters. The van der Waals surface area contributed by atoms with E-state index in [4.69, 9.17) is 28.9 Å². The van der Waals surface area contributed by atoms with E-state index in [9.17, 15) is 4.39 Å². The van der Waals surface area contributed by atoms with Crippen LogP contribution in [0.5, 0.6) is 0 Å². The van der Waals surface area contributed by atoms with Gasteiger partial charge >= 0.3 is 0 Å². The highest BCUT2D eigenvalue weighted by Crippen LogP contribution is 2.32. The predicted molar refractivity (Wildman–Crippen MR) is 76.6 cm³/mol. The fourth-order valence-electron chi connectivity index (χ4n) is 1.67. The topological polar surface area (TPSA) is 26.0 Å². The minimum Gasteiger partial charge on any atom is -0.320 e. The third-order valence-corrected chi connectivity index (χ3v) is 3.89. The van der Waals surface area contributed by atoms with Crippen molar-refractivity contribution in [3.63, 3.8) is 0 Å². The molecule has 2 aromatic carbocycles. The lowest BCUT2D eigenvalue weighted by molar-refractivity contribution is 0.623. The molecule has 0 aliphatic rings. The van der Waals surface area contributed by atoms with E-state index in [1.54, 1.807) is 24.3 Å². The van der Waals surface area contributed by atoms with Crippen molar-refractivity contribution < 1.29 is 4.39 Å². The summed E-state index contributed by atoms with van der Waals surface area (Å²) in [6, 6.07) is 8.86. The normalized spacial score (nSPS) is 12.5. The van der Waals surface area contributed by atoms with Crippen LogP contribution < -0.4 is 5.73 Å². The maximum atomic E-state index is 13.3. The van der Waals surface area contributed by atoms with Gasteiger partial charge in [-0.05, 0) is 47.5 Å². The molecule has 0 heterocycles. The molecular formula is C13H9BrCl2FN. The molecule has 2 rings (SSSR count). The van der Waals surface area contributed by atoms with Gasteiger partial charge in [-0.25, -0.2) is 4.39 Å². The second-order valence-electron chi connectivity index (χ2n) is 3.81. The number of halogens is 4.